The maximum Gasteiger partial charge on any atom is 0.163 e. The molecule has 3 nitrogen and oxygen atoms in total. The minimum absolute atomic E-state index is 0.429. The molecule has 0 saturated heterocycles. The molecule has 15 heavy (non-hydrogen) atoms. The van der Waals surface area contributed by atoms with Crippen molar-refractivity contribution in [1.29, 1.82) is 0 Å². The first-order valence-electron chi connectivity index (χ1n) is 6.04. The van der Waals surface area contributed by atoms with E-state index in [1.54, 1.807) is 0 Å². The molecule has 0 atom stereocenters. The van der Waals surface area contributed by atoms with Crippen molar-refractivity contribution in [2.24, 2.45) is 0 Å². The Kier molecular flexibility index (Phi) is 9.39. The molecule has 0 amide bonds. The van der Waals surface area contributed by atoms with Gasteiger partial charge in [0.1, 0.15) is 0 Å². The minimum Gasteiger partial charge on any atom is -0.376 e. The number of hydrogen-bond donors (Lipinski definition) is 0. The van der Waals surface area contributed by atoms with Gasteiger partial charge in [-0.05, 0) is 19.3 Å². The van der Waals surface area contributed by atoms with E-state index in [0.717, 1.165) is 49.3 Å². The van der Waals surface area contributed by atoms with Gasteiger partial charge in [-0.15, -0.1) is 0 Å². The summed E-state index contributed by atoms with van der Waals surface area (Å²) in [7, 11) is 0.844. The second-order valence-electron chi connectivity index (χ2n) is 3.88. The normalized spacial score (nSPS) is 12.2. The summed E-state index contributed by atoms with van der Waals surface area (Å²) in [5, 5.41) is 0. The van der Waals surface area contributed by atoms with Crippen molar-refractivity contribution < 1.29 is 14.2 Å². The fraction of sp³-hybridized carbons (Fsp3) is 1.00. The molecule has 0 aromatic heterocycles. The lowest BCUT2D eigenvalue weighted by Crippen LogP contribution is -2.42. The second kappa shape index (κ2) is 9.33. The molecular formula is C11H26O3Si. The van der Waals surface area contributed by atoms with Crippen LogP contribution in [0.1, 0.15) is 40.0 Å². The first kappa shape index (κ1) is 15.1. The molecule has 0 aromatic carbocycles. The third-order valence-corrected chi connectivity index (χ3v) is 2.80. The maximum atomic E-state index is 5.74. The van der Waals surface area contributed by atoms with E-state index in [4.69, 9.17) is 14.2 Å². The summed E-state index contributed by atoms with van der Waals surface area (Å²) in [6, 6.07) is 0. The number of hydrogen-bond acceptors (Lipinski definition) is 3. The van der Waals surface area contributed by atoms with Gasteiger partial charge < -0.3 is 14.2 Å². The molecule has 0 aliphatic carbocycles. The predicted octanol–water partition coefficient (Wildman–Crippen LogP) is 1.29. The monoisotopic (exact) mass is 234 g/mol. The lowest BCUT2D eigenvalue weighted by Gasteiger charge is -2.30. The summed E-state index contributed by atoms with van der Waals surface area (Å²) >= 11 is 0. The van der Waals surface area contributed by atoms with Crippen LogP contribution in [-0.2, 0) is 14.2 Å². The largest absolute Gasteiger partial charge is 0.376 e. The lowest BCUT2D eigenvalue weighted by atomic mass is 10.5. The van der Waals surface area contributed by atoms with Crippen LogP contribution in [0.3, 0.4) is 0 Å². The second-order valence-corrected chi connectivity index (χ2v) is 5.41. The van der Waals surface area contributed by atoms with E-state index in [1.807, 2.05) is 0 Å². The molecule has 0 rings (SSSR count). The molecule has 0 saturated carbocycles. The molecule has 0 fully saturated rings. The Morgan fingerprint density at radius 2 is 1.33 bits per heavy atom. The highest BCUT2D eigenvalue weighted by molar-refractivity contribution is 6.13. The first-order valence-corrected chi connectivity index (χ1v) is 7.04. The highest BCUT2D eigenvalue weighted by Crippen LogP contribution is 2.11. The fourth-order valence-corrected chi connectivity index (χ4v) is 1.78. The van der Waals surface area contributed by atoms with E-state index in [2.05, 4.69) is 20.8 Å². The fourth-order valence-electron chi connectivity index (χ4n) is 1.16. The molecule has 0 spiro atoms. The Hall–Kier alpha value is 0.0969. The van der Waals surface area contributed by atoms with E-state index in [9.17, 15) is 0 Å². The SMILES string of the molecule is CCCOCC([SiH3])(OCCC)OCCC. The third kappa shape index (κ3) is 7.96. The van der Waals surface area contributed by atoms with Crippen LogP contribution < -0.4 is 0 Å². The van der Waals surface area contributed by atoms with Crippen molar-refractivity contribution in [2.45, 2.75) is 45.4 Å². The average molecular weight is 234 g/mol. The standard InChI is InChI=1S/C11H26O3Si/c1-4-7-12-10-11(15,13-8-5-2)14-9-6-3/h4-10H2,1-3,15H3. The van der Waals surface area contributed by atoms with Gasteiger partial charge >= 0.3 is 0 Å². The van der Waals surface area contributed by atoms with Gasteiger partial charge in [0.25, 0.3) is 0 Å². The Morgan fingerprint density at radius 1 is 0.867 bits per heavy atom. The van der Waals surface area contributed by atoms with Gasteiger partial charge in [0.05, 0.1) is 16.8 Å². The lowest BCUT2D eigenvalue weighted by molar-refractivity contribution is -0.206. The molecule has 0 unspecified atom stereocenters. The van der Waals surface area contributed by atoms with Crippen LogP contribution >= 0.6 is 0 Å². The zero-order valence-corrected chi connectivity index (χ0v) is 12.7. The Bertz CT molecular complexity index is 134. The van der Waals surface area contributed by atoms with Gasteiger partial charge in [-0.25, -0.2) is 0 Å². The summed E-state index contributed by atoms with van der Waals surface area (Å²) in [4.78, 5) is 0. The molecule has 92 valence electrons. The van der Waals surface area contributed by atoms with Gasteiger partial charge in [-0.3, -0.25) is 0 Å². The van der Waals surface area contributed by atoms with Crippen LogP contribution in [0.5, 0.6) is 0 Å². The number of rotatable bonds is 10. The van der Waals surface area contributed by atoms with Crippen molar-refractivity contribution in [3.05, 3.63) is 0 Å². The zero-order valence-electron chi connectivity index (χ0n) is 10.7. The van der Waals surface area contributed by atoms with Crippen LogP contribution in [0.4, 0.5) is 0 Å². The molecule has 0 aliphatic rings. The summed E-state index contributed by atoms with van der Waals surface area (Å²) in [5.41, 5.74) is -0.429. The molecule has 0 radical (unpaired) electrons. The van der Waals surface area contributed by atoms with Gasteiger partial charge in [0, 0.05) is 19.8 Å². The topological polar surface area (TPSA) is 27.7 Å². The summed E-state index contributed by atoms with van der Waals surface area (Å²) in [6.07, 6.45) is 3.08. The predicted molar refractivity (Wildman–Crippen MR) is 66.3 cm³/mol. The quantitative estimate of drug-likeness (QED) is 0.324. The van der Waals surface area contributed by atoms with Crippen molar-refractivity contribution >= 4 is 10.2 Å². The van der Waals surface area contributed by atoms with Crippen LogP contribution in [0, 0.1) is 0 Å². The Balaban J connectivity index is 3.89. The van der Waals surface area contributed by atoms with Crippen molar-refractivity contribution in [1.82, 2.24) is 0 Å². The van der Waals surface area contributed by atoms with Gasteiger partial charge in [0.2, 0.25) is 0 Å². The highest BCUT2D eigenvalue weighted by atomic mass is 28.1. The van der Waals surface area contributed by atoms with E-state index < -0.39 is 5.41 Å². The van der Waals surface area contributed by atoms with E-state index in [-0.39, 0.29) is 0 Å². The highest BCUT2D eigenvalue weighted by Gasteiger charge is 2.25. The van der Waals surface area contributed by atoms with Crippen LogP contribution in [0.15, 0.2) is 0 Å². The van der Waals surface area contributed by atoms with Crippen LogP contribution in [0.25, 0.3) is 0 Å². The summed E-state index contributed by atoms with van der Waals surface area (Å²) in [6.45, 7) is 9.19. The molecule has 4 heteroatoms. The molecule has 0 heterocycles. The van der Waals surface area contributed by atoms with Gasteiger partial charge in [-0.1, -0.05) is 20.8 Å². The maximum absolute atomic E-state index is 5.74. The molecular weight excluding hydrogens is 208 g/mol. The molecule has 0 bridgehead atoms. The Morgan fingerprint density at radius 3 is 1.73 bits per heavy atom. The molecule has 0 aliphatic heterocycles. The van der Waals surface area contributed by atoms with Crippen molar-refractivity contribution in [3.8, 4) is 0 Å². The first-order chi connectivity index (χ1) is 7.18. The third-order valence-electron chi connectivity index (χ3n) is 1.94. The van der Waals surface area contributed by atoms with E-state index in [0.29, 0.717) is 6.61 Å². The van der Waals surface area contributed by atoms with E-state index >= 15 is 0 Å². The minimum atomic E-state index is -0.429. The summed E-state index contributed by atoms with van der Waals surface area (Å²) < 4.78 is 17.0. The summed E-state index contributed by atoms with van der Waals surface area (Å²) in [5.74, 6) is 0. The average Bonchev–Trinajstić information content (AvgIpc) is 2.24. The smallest absolute Gasteiger partial charge is 0.163 e. The van der Waals surface area contributed by atoms with Crippen molar-refractivity contribution in [3.63, 3.8) is 0 Å². The van der Waals surface area contributed by atoms with Gasteiger partial charge in [-0.2, -0.15) is 0 Å². The van der Waals surface area contributed by atoms with Crippen LogP contribution in [0.2, 0.25) is 0 Å². The molecule has 0 N–H and O–H groups in total. The van der Waals surface area contributed by atoms with Crippen LogP contribution in [-0.4, -0.2) is 42.1 Å². The Labute approximate surface area is 96.9 Å². The van der Waals surface area contributed by atoms with Crippen molar-refractivity contribution in [2.75, 3.05) is 26.4 Å². The molecule has 0 aromatic rings. The zero-order chi connectivity index (χ0) is 11.6. The number of ether oxygens (including phenoxy) is 3. The van der Waals surface area contributed by atoms with E-state index in [1.165, 1.54) is 0 Å². The van der Waals surface area contributed by atoms with Gasteiger partial charge in [0.15, 0.2) is 5.41 Å².